The van der Waals surface area contributed by atoms with E-state index in [1.807, 2.05) is 0 Å². The molecule has 0 unspecified atom stereocenters. The van der Waals surface area contributed by atoms with Crippen molar-refractivity contribution < 1.29 is 22.0 Å². The van der Waals surface area contributed by atoms with Crippen molar-refractivity contribution in [1.29, 1.82) is 0 Å². The summed E-state index contributed by atoms with van der Waals surface area (Å²) in [4.78, 5) is 12.7. The highest BCUT2D eigenvalue weighted by Gasteiger charge is 2.15. The minimum atomic E-state index is -3.17. The molecule has 31 heavy (non-hydrogen) atoms. The molecule has 3 N–H and O–H groups in total. The fraction of sp³-hybridized carbons (Fsp3) is 0.0870. The van der Waals surface area contributed by atoms with Gasteiger partial charge in [0.05, 0.1) is 17.1 Å². The van der Waals surface area contributed by atoms with Gasteiger partial charge >= 0.3 is 0 Å². The second-order valence-corrected chi connectivity index (χ2v) is 9.46. The Balaban J connectivity index is 1.59. The fourth-order valence-electron chi connectivity index (χ4n) is 3.27. The highest BCUT2D eigenvalue weighted by molar-refractivity contribution is 7.89. The monoisotopic (exact) mass is 438 g/mol. The van der Waals surface area contributed by atoms with E-state index < -0.39 is 15.7 Å². The first-order valence-electron chi connectivity index (χ1n) is 9.35. The average molecular weight is 438 g/mol. The Labute approximate surface area is 178 Å². The Morgan fingerprint density at radius 2 is 1.71 bits per heavy atom. The molecule has 3 aromatic carbocycles. The van der Waals surface area contributed by atoms with Crippen molar-refractivity contribution >= 4 is 38.1 Å². The Hall–Kier alpha value is -3.65. The van der Waals surface area contributed by atoms with E-state index in [0.29, 0.717) is 27.9 Å². The van der Waals surface area contributed by atoms with Crippen molar-refractivity contribution in [2.75, 3.05) is 17.3 Å². The second kappa shape index (κ2) is 7.88. The zero-order valence-corrected chi connectivity index (χ0v) is 17.4. The molecule has 158 valence electrons. The number of carbonyl (C=O) groups excluding carboxylic acids is 1. The van der Waals surface area contributed by atoms with Crippen LogP contribution in [-0.4, -0.2) is 20.6 Å². The largest absolute Gasteiger partial charge is 0.451 e. The minimum absolute atomic E-state index is 0.0677. The molecule has 0 atom stereocenters. The van der Waals surface area contributed by atoms with Gasteiger partial charge in [-0.05, 0) is 59.2 Å². The van der Waals surface area contributed by atoms with Crippen LogP contribution in [-0.2, 0) is 15.6 Å². The number of nitrogens with two attached hydrogens (primary N) is 1. The maximum atomic E-state index is 13.2. The molecule has 4 aromatic rings. The Kier molecular flexibility index (Phi) is 5.24. The van der Waals surface area contributed by atoms with Crippen LogP contribution in [0.5, 0.6) is 0 Å². The maximum absolute atomic E-state index is 13.2. The molecule has 0 aliphatic carbocycles. The molecule has 0 saturated carbocycles. The average Bonchev–Trinajstić information content (AvgIpc) is 3.12. The molecule has 0 spiro atoms. The van der Waals surface area contributed by atoms with Gasteiger partial charge in [0, 0.05) is 11.6 Å². The lowest BCUT2D eigenvalue weighted by molar-refractivity contribution is 0.0998. The first-order chi connectivity index (χ1) is 14.7. The van der Waals surface area contributed by atoms with Crippen LogP contribution in [0.3, 0.4) is 0 Å². The number of nitrogens with one attached hydrogen (secondary N) is 1. The molecule has 6 nitrogen and oxygen atoms in total. The molecule has 0 radical (unpaired) electrons. The number of amides is 1. The summed E-state index contributed by atoms with van der Waals surface area (Å²) in [5.41, 5.74) is 9.39. The summed E-state index contributed by atoms with van der Waals surface area (Å²) in [5.74, 6) is -0.859. The molecule has 1 amide bonds. The quantitative estimate of drug-likeness (QED) is 0.443. The smallest absolute Gasteiger partial charge is 0.291 e. The molecule has 0 fully saturated rings. The number of furan rings is 1. The summed E-state index contributed by atoms with van der Waals surface area (Å²) in [6, 6.07) is 17.7. The molecular formula is C23H19FN2O4S. The van der Waals surface area contributed by atoms with Crippen molar-refractivity contribution in [2.45, 2.75) is 5.75 Å². The van der Waals surface area contributed by atoms with Crippen molar-refractivity contribution in [3.05, 3.63) is 83.9 Å². The van der Waals surface area contributed by atoms with E-state index in [0.717, 1.165) is 17.4 Å². The summed E-state index contributed by atoms with van der Waals surface area (Å²) in [6.07, 6.45) is 1.16. The van der Waals surface area contributed by atoms with Crippen molar-refractivity contribution in [2.24, 2.45) is 0 Å². The predicted octanol–water partition coefficient (Wildman–Crippen LogP) is 4.62. The van der Waals surface area contributed by atoms with Crippen molar-refractivity contribution in [3.63, 3.8) is 0 Å². The summed E-state index contributed by atoms with van der Waals surface area (Å²) in [5, 5.41) is 3.36. The van der Waals surface area contributed by atoms with E-state index in [9.17, 15) is 17.6 Å². The topological polar surface area (TPSA) is 102 Å². The normalized spacial score (nSPS) is 11.5. The first-order valence-corrected chi connectivity index (χ1v) is 11.4. The number of rotatable bonds is 5. The van der Waals surface area contributed by atoms with Crippen LogP contribution in [0.4, 0.5) is 15.8 Å². The summed E-state index contributed by atoms with van der Waals surface area (Å²) in [7, 11) is -3.17. The molecule has 1 aromatic heterocycles. The molecule has 0 saturated heterocycles. The van der Waals surface area contributed by atoms with Gasteiger partial charge in [0.15, 0.2) is 15.6 Å². The lowest BCUT2D eigenvalue weighted by Gasteiger charge is -2.10. The van der Waals surface area contributed by atoms with E-state index in [-0.39, 0.29) is 17.3 Å². The number of benzene rings is 3. The van der Waals surface area contributed by atoms with Crippen LogP contribution in [0.1, 0.15) is 16.1 Å². The predicted molar refractivity (Wildman–Crippen MR) is 119 cm³/mol. The summed E-state index contributed by atoms with van der Waals surface area (Å²) in [6.45, 7) is 0. The third-order valence-corrected chi connectivity index (χ3v) is 5.57. The summed E-state index contributed by atoms with van der Waals surface area (Å²) >= 11 is 0. The summed E-state index contributed by atoms with van der Waals surface area (Å²) < 4.78 is 41.8. The van der Waals surface area contributed by atoms with E-state index in [4.69, 9.17) is 10.2 Å². The van der Waals surface area contributed by atoms with Gasteiger partial charge in [0.25, 0.3) is 5.91 Å². The number of hydrogen-bond acceptors (Lipinski definition) is 5. The number of carbonyl (C=O) groups is 1. The Bertz CT molecular complexity index is 1390. The van der Waals surface area contributed by atoms with Gasteiger partial charge in [0.2, 0.25) is 0 Å². The van der Waals surface area contributed by atoms with Gasteiger partial charge in [-0.25, -0.2) is 12.8 Å². The number of nitrogen functional groups attached to an aromatic ring is 1. The number of fused-ring (bicyclic) bond motifs is 1. The highest BCUT2D eigenvalue weighted by atomic mass is 32.2. The van der Waals surface area contributed by atoms with Gasteiger partial charge in [-0.1, -0.05) is 24.3 Å². The van der Waals surface area contributed by atoms with Crippen LogP contribution in [0.25, 0.3) is 22.1 Å². The molecular weight excluding hydrogens is 419 g/mol. The zero-order chi connectivity index (χ0) is 22.2. The van der Waals surface area contributed by atoms with Crippen molar-refractivity contribution in [1.82, 2.24) is 0 Å². The fourth-order valence-corrected chi connectivity index (χ4v) is 4.05. The number of hydrogen-bond donors (Lipinski definition) is 2. The van der Waals surface area contributed by atoms with Gasteiger partial charge in [0.1, 0.15) is 11.4 Å². The van der Waals surface area contributed by atoms with Crippen LogP contribution < -0.4 is 11.1 Å². The van der Waals surface area contributed by atoms with Crippen LogP contribution in [0.15, 0.2) is 71.1 Å². The van der Waals surface area contributed by atoms with Gasteiger partial charge in [-0.3, -0.25) is 4.79 Å². The van der Waals surface area contributed by atoms with Crippen LogP contribution in [0.2, 0.25) is 0 Å². The zero-order valence-electron chi connectivity index (χ0n) is 16.6. The van der Waals surface area contributed by atoms with Gasteiger partial charge in [-0.15, -0.1) is 0 Å². The van der Waals surface area contributed by atoms with Crippen molar-refractivity contribution in [3.8, 4) is 11.1 Å². The van der Waals surface area contributed by atoms with E-state index in [2.05, 4.69) is 5.32 Å². The lowest BCUT2D eigenvalue weighted by atomic mass is 10.0. The van der Waals surface area contributed by atoms with E-state index in [1.54, 1.807) is 54.6 Å². The number of halogens is 1. The van der Waals surface area contributed by atoms with Crippen LogP contribution >= 0.6 is 0 Å². The molecule has 4 rings (SSSR count). The Morgan fingerprint density at radius 1 is 1.00 bits per heavy atom. The first kappa shape index (κ1) is 20.6. The molecule has 8 heteroatoms. The van der Waals surface area contributed by atoms with E-state index in [1.165, 1.54) is 12.1 Å². The maximum Gasteiger partial charge on any atom is 0.291 e. The van der Waals surface area contributed by atoms with E-state index >= 15 is 0 Å². The second-order valence-electron chi connectivity index (χ2n) is 7.32. The SMILES string of the molecule is CS(=O)(=O)Cc1ccc2oc(C(=O)Nc3cc(-c4ccc(F)cc4)ccc3N)cc2c1. The molecule has 0 bridgehead atoms. The van der Waals surface area contributed by atoms with Crippen LogP contribution in [0, 0.1) is 5.82 Å². The van der Waals surface area contributed by atoms with Gasteiger partial charge in [-0.2, -0.15) is 0 Å². The number of anilines is 2. The number of sulfone groups is 1. The third-order valence-electron chi connectivity index (χ3n) is 4.71. The molecule has 1 heterocycles. The lowest BCUT2D eigenvalue weighted by Crippen LogP contribution is -2.12. The standard InChI is InChI=1S/C23H19FN2O4S/c1-31(28,29)13-14-2-9-21-17(10-14)12-22(30-21)23(27)26-20-11-16(5-8-19(20)25)15-3-6-18(24)7-4-15/h2-12H,13,25H2,1H3,(H,26,27). The Morgan fingerprint density at radius 3 is 2.42 bits per heavy atom. The highest BCUT2D eigenvalue weighted by Crippen LogP contribution is 2.29. The minimum Gasteiger partial charge on any atom is -0.451 e. The molecule has 0 aliphatic rings. The third kappa shape index (κ3) is 4.75. The van der Waals surface area contributed by atoms with Gasteiger partial charge < -0.3 is 15.5 Å². The molecule has 0 aliphatic heterocycles.